The van der Waals surface area contributed by atoms with Crippen LogP contribution in [0.4, 0.5) is 17.1 Å². The first-order chi connectivity index (χ1) is 29.3. The molecule has 0 N–H and O–H groups in total. The average Bonchev–Trinajstić information content (AvgIpc) is 3.89. The van der Waals surface area contributed by atoms with Crippen LogP contribution in [0.25, 0.3) is 66.1 Å². The molecular formula is C56H35NO2. The first kappa shape index (κ1) is 32.5. The van der Waals surface area contributed by atoms with Gasteiger partial charge in [-0.25, -0.2) is 0 Å². The van der Waals surface area contributed by atoms with Crippen LogP contribution in [-0.2, 0) is 0 Å². The molecule has 2 aromatic heterocycles. The lowest BCUT2D eigenvalue weighted by Gasteiger charge is -2.45. The fourth-order valence-electron chi connectivity index (χ4n) is 10.4. The number of nitrogens with zero attached hydrogens (tertiary/aromatic N) is 1. The summed E-state index contributed by atoms with van der Waals surface area (Å²) in [6.45, 7) is 0. The number of rotatable bonds is 5. The van der Waals surface area contributed by atoms with Gasteiger partial charge in [0, 0.05) is 44.6 Å². The molecule has 0 fully saturated rings. The number of anilines is 3. The molecule has 0 amide bonds. The second-order valence-electron chi connectivity index (χ2n) is 15.9. The zero-order chi connectivity index (χ0) is 38.6. The Balaban J connectivity index is 1.09. The van der Waals surface area contributed by atoms with E-state index < -0.39 is 0 Å². The summed E-state index contributed by atoms with van der Waals surface area (Å²) >= 11 is 0. The molecule has 0 spiro atoms. The highest BCUT2D eigenvalue weighted by Crippen LogP contribution is 2.61. The second-order valence-corrected chi connectivity index (χ2v) is 15.9. The summed E-state index contributed by atoms with van der Waals surface area (Å²) in [6.07, 6.45) is 0. The number of furan rings is 2. The van der Waals surface area contributed by atoms with E-state index >= 15 is 0 Å². The zero-order valence-electron chi connectivity index (χ0n) is 32.0. The van der Waals surface area contributed by atoms with Crippen LogP contribution in [0.3, 0.4) is 0 Å². The van der Waals surface area contributed by atoms with Crippen LogP contribution in [0.1, 0.15) is 45.2 Å². The lowest BCUT2D eigenvalue weighted by Crippen LogP contribution is -2.30. The minimum Gasteiger partial charge on any atom is -0.455 e. The smallest absolute Gasteiger partial charge is 0.159 e. The summed E-state index contributed by atoms with van der Waals surface area (Å²) in [4.78, 5) is 2.45. The molecule has 0 aliphatic heterocycles. The predicted octanol–water partition coefficient (Wildman–Crippen LogP) is 15.3. The van der Waals surface area contributed by atoms with Gasteiger partial charge in [-0.1, -0.05) is 164 Å². The molecule has 3 nitrogen and oxygen atoms in total. The number of hydrogen-bond donors (Lipinski definition) is 0. The second kappa shape index (κ2) is 12.4. The lowest BCUT2D eigenvalue weighted by atomic mass is 9.59. The van der Waals surface area contributed by atoms with Crippen LogP contribution >= 0.6 is 0 Å². The molecule has 0 unspecified atom stereocenters. The molecule has 0 atom stereocenters. The van der Waals surface area contributed by atoms with Gasteiger partial charge in [0.1, 0.15) is 16.7 Å². The van der Waals surface area contributed by atoms with E-state index in [1.54, 1.807) is 0 Å². The summed E-state index contributed by atoms with van der Waals surface area (Å²) in [5.74, 6) is 0.136. The van der Waals surface area contributed by atoms with Crippen molar-refractivity contribution in [3.63, 3.8) is 0 Å². The molecule has 3 aliphatic carbocycles. The van der Waals surface area contributed by atoms with Crippen LogP contribution < -0.4 is 4.90 Å². The SMILES string of the molecule is c1ccc(-c2ccc(N(c3ccc(-c4cccc5c4oc4ccccc45)cc3)c3cccc4c3oc3ccccc34)c3c2C2c4ccccc4C3c3ccccc32)cc1. The van der Waals surface area contributed by atoms with Crippen LogP contribution in [0.15, 0.2) is 209 Å². The summed E-state index contributed by atoms with van der Waals surface area (Å²) in [7, 11) is 0. The molecule has 0 saturated carbocycles. The minimum atomic E-state index is 0.0448. The maximum Gasteiger partial charge on any atom is 0.159 e. The summed E-state index contributed by atoms with van der Waals surface area (Å²) < 4.78 is 13.3. The molecule has 14 rings (SSSR count). The molecular weight excluding hydrogens is 719 g/mol. The molecule has 0 saturated heterocycles. The Kier molecular flexibility index (Phi) is 6.84. The lowest BCUT2D eigenvalue weighted by molar-refractivity contribution is 0.669. The van der Waals surface area contributed by atoms with Gasteiger partial charge in [0.25, 0.3) is 0 Å². The molecule has 2 bridgehead atoms. The molecule has 2 heterocycles. The van der Waals surface area contributed by atoms with Crippen LogP contribution in [-0.4, -0.2) is 0 Å². The number of para-hydroxylation sites is 4. The third-order valence-electron chi connectivity index (χ3n) is 12.9. The monoisotopic (exact) mass is 753 g/mol. The number of hydrogen-bond acceptors (Lipinski definition) is 3. The van der Waals surface area contributed by atoms with Gasteiger partial charge < -0.3 is 13.7 Å². The molecule has 3 heteroatoms. The fourth-order valence-corrected chi connectivity index (χ4v) is 10.4. The Morgan fingerprint density at radius 2 is 0.831 bits per heavy atom. The summed E-state index contributed by atoms with van der Waals surface area (Å²) in [6, 6.07) is 72.5. The third-order valence-corrected chi connectivity index (χ3v) is 12.9. The van der Waals surface area contributed by atoms with Gasteiger partial charge >= 0.3 is 0 Å². The predicted molar refractivity (Wildman–Crippen MR) is 241 cm³/mol. The Labute approximate surface area is 341 Å². The molecule has 11 aromatic rings. The van der Waals surface area contributed by atoms with Crippen molar-refractivity contribution in [3.05, 3.63) is 234 Å². The van der Waals surface area contributed by atoms with Gasteiger partial charge in [0.15, 0.2) is 5.58 Å². The van der Waals surface area contributed by atoms with Crippen molar-refractivity contribution in [1.82, 2.24) is 0 Å². The molecule has 59 heavy (non-hydrogen) atoms. The van der Waals surface area contributed by atoms with E-state index in [4.69, 9.17) is 8.83 Å². The number of fused-ring (bicyclic) bond motifs is 6. The number of benzene rings is 9. The molecule has 0 radical (unpaired) electrons. The molecule has 9 aromatic carbocycles. The van der Waals surface area contributed by atoms with Crippen molar-refractivity contribution in [2.75, 3.05) is 4.90 Å². The van der Waals surface area contributed by atoms with Crippen molar-refractivity contribution in [1.29, 1.82) is 0 Å². The maximum atomic E-state index is 6.84. The van der Waals surface area contributed by atoms with Gasteiger partial charge in [-0.15, -0.1) is 0 Å². The minimum absolute atomic E-state index is 0.0448. The average molecular weight is 754 g/mol. The van der Waals surface area contributed by atoms with Gasteiger partial charge in [-0.3, -0.25) is 0 Å². The van der Waals surface area contributed by atoms with Crippen molar-refractivity contribution in [3.8, 4) is 22.3 Å². The highest BCUT2D eigenvalue weighted by atomic mass is 16.3. The molecule has 3 aliphatic rings. The van der Waals surface area contributed by atoms with Gasteiger partial charge in [0.05, 0.1) is 11.4 Å². The topological polar surface area (TPSA) is 29.5 Å². The maximum absolute atomic E-state index is 6.84. The Hall–Kier alpha value is -7.62. The fraction of sp³-hybridized carbons (Fsp3) is 0.0357. The normalized spacial score (nSPS) is 15.1. The van der Waals surface area contributed by atoms with Crippen molar-refractivity contribution in [2.45, 2.75) is 11.8 Å². The van der Waals surface area contributed by atoms with Crippen LogP contribution in [0.5, 0.6) is 0 Å². The zero-order valence-corrected chi connectivity index (χ0v) is 32.0. The van der Waals surface area contributed by atoms with Crippen molar-refractivity contribution in [2.24, 2.45) is 0 Å². The summed E-state index contributed by atoms with van der Waals surface area (Å²) in [5.41, 5.74) is 19.7. The highest BCUT2D eigenvalue weighted by molar-refractivity contribution is 6.11. The largest absolute Gasteiger partial charge is 0.455 e. The van der Waals surface area contributed by atoms with Crippen molar-refractivity contribution < 1.29 is 8.83 Å². The van der Waals surface area contributed by atoms with Crippen LogP contribution in [0.2, 0.25) is 0 Å². The van der Waals surface area contributed by atoms with E-state index in [0.717, 1.165) is 72.1 Å². The van der Waals surface area contributed by atoms with Gasteiger partial charge in [-0.05, 0) is 86.5 Å². The Morgan fingerprint density at radius 3 is 1.49 bits per heavy atom. The van der Waals surface area contributed by atoms with E-state index in [1.165, 1.54) is 44.5 Å². The Morgan fingerprint density at radius 1 is 0.322 bits per heavy atom. The van der Waals surface area contributed by atoms with Gasteiger partial charge in [0.2, 0.25) is 0 Å². The highest BCUT2D eigenvalue weighted by Gasteiger charge is 2.44. The van der Waals surface area contributed by atoms with Crippen LogP contribution in [0, 0.1) is 0 Å². The van der Waals surface area contributed by atoms with E-state index in [1.807, 2.05) is 18.2 Å². The van der Waals surface area contributed by atoms with E-state index in [-0.39, 0.29) is 11.8 Å². The van der Waals surface area contributed by atoms with E-state index in [2.05, 4.69) is 187 Å². The standard InChI is InChI=1S/C56H35NO2/c1-2-14-34(15-3-1)37-32-33-47(54-52-43-20-6-4-18-41(43)51(53(37)54)42-19-5-7-21-44(42)52)57(48-25-13-24-46-40-17-9-11-27-50(40)59-56(46)48)36-30-28-35(29-31-36)38-22-12-23-45-39-16-8-10-26-49(39)58-55(38)45/h1-33,51-52H. The summed E-state index contributed by atoms with van der Waals surface area (Å²) in [5, 5.41) is 4.47. The van der Waals surface area contributed by atoms with E-state index in [9.17, 15) is 0 Å². The first-order valence-corrected chi connectivity index (χ1v) is 20.4. The van der Waals surface area contributed by atoms with Crippen molar-refractivity contribution >= 4 is 60.9 Å². The third kappa shape index (κ3) is 4.64. The quantitative estimate of drug-likeness (QED) is 0.175. The van der Waals surface area contributed by atoms with Gasteiger partial charge in [-0.2, -0.15) is 0 Å². The first-order valence-electron chi connectivity index (χ1n) is 20.4. The molecule has 276 valence electrons. The Bertz CT molecular complexity index is 3420. The van der Waals surface area contributed by atoms with E-state index in [0.29, 0.717) is 0 Å².